The SMILES string of the molecule is CCOOCC12CNCC1(C(F)(F)F)CN(c1ncc(F)c(Nc3ccc4c(cnn4CC)c3)n1)C2. The molecule has 0 saturated carbocycles. The Morgan fingerprint density at radius 3 is 2.72 bits per heavy atom. The first-order chi connectivity index (χ1) is 17.2. The number of hydrogen-bond donors (Lipinski definition) is 2. The van der Waals surface area contributed by atoms with Crippen LogP contribution >= 0.6 is 0 Å². The van der Waals surface area contributed by atoms with Crippen molar-refractivity contribution in [2.75, 3.05) is 49.6 Å². The van der Waals surface area contributed by atoms with Crippen LogP contribution in [0.5, 0.6) is 0 Å². The molecule has 0 radical (unpaired) electrons. The van der Waals surface area contributed by atoms with E-state index >= 15 is 0 Å². The third-order valence-electron chi connectivity index (χ3n) is 7.16. The van der Waals surface area contributed by atoms with Crippen molar-refractivity contribution >= 4 is 28.4 Å². The second-order valence-corrected chi connectivity index (χ2v) is 9.21. The lowest BCUT2D eigenvalue weighted by molar-refractivity contribution is -0.323. The van der Waals surface area contributed by atoms with Gasteiger partial charge >= 0.3 is 6.18 Å². The van der Waals surface area contributed by atoms with E-state index in [1.54, 1.807) is 25.3 Å². The number of fused-ring (bicyclic) bond motifs is 2. The molecule has 2 aliphatic rings. The van der Waals surface area contributed by atoms with Crippen LogP contribution in [0.3, 0.4) is 0 Å². The molecule has 0 spiro atoms. The first-order valence-corrected chi connectivity index (χ1v) is 11.7. The molecule has 2 aromatic heterocycles. The summed E-state index contributed by atoms with van der Waals surface area (Å²) >= 11 is 0. The number of anilines is 3. The van der Waals surface area contributed by atoms with Gasteiger partial charge in [-0.2, -0.15) is 23.3 Å². The Kier molecular flexibility index (Phi) is 6.25. The Morgan fingerprint density at radius 1 is 1.14 bits per heavy atom. The zero-order chi connectivity index (χ0) is 25.6. The zero-order valence-corrected chi connectivity index (χ0v) is 19.9. The third kappa shape index (κ3) is 3.95. The van der Waals surface area contributed by atoms with Crippen LogP contribution in [0.2, 0.25) is 0 Å². The number of hydrogen-bond acceptors (Lipinski definition) is 8. The van der Waals surface area contributed by atoms with Gasteiger partial charge in [-0.05, 0) is 32.0 Å². The summed E-state index contributed by atoms with van der Waals surface area (Å²) in [6.45, 7) is 3.77. The standard InChI is InChI=1S/C23H27F4N7O2/c1-3-34-18-6-5-16(7-15(18)8-30-34)31-19-17(24)9-29-20(32-19)33-12-21(14-36-35-4-2)10-28-11-22(21,13-33)23(25,26)27/h5-9,28H,3-4,10-14H2,1-2H3,(H,29,31,32). The molecule has 2 atom stereocenters. The summed E-state index contributed by atoms with van der Waals surface area (Å²) in [6, 6.07) is 5.43. The van der Waals surface area contributed by atoms with Gasteiger partial charge in [0, 0.05) is 49.2 Å². The molecule has 194 valence electrons. The molecule has 0 aliphatic carbocycles. The van der Waals surface area contributed by atoms with Crippen molar-refractivity contribution in [3.05, 3.63) is 36.4 Å². The van der Waals surface area contributed by atoms with Gasteiger partial charge in [0.25, 0.3) is 0 Å². The molecule has 2 aliphatic heterocycles. The van der Waals surface area contributed by atoms with E-state index in [0.717, 1.165) is 17.1 Å². The Labute approximate surface area is 204 Å². The molecule has 2 N–H and O–H groups in total. The molecule has 9 nitrogen and oxygen atoms in total. The highest BCUT2D eigenvalue weighted by atomic mass is 19.4. The molecule has 5 rings (SSSR count). The van der Waals surface area contributed by atoms with E-state index in [1.165, 1.54) is 4.90 Å². The summed E-state index contributed by atoms with van der Waals surface area (Å²) in [6.07, 6.45) is -1.84. The van der Waals surface area contributed by atoms with Crippen molar-refractivity contribution in [1.82, 2.24) is 25.1 Å². The lowest BCUT2D eigenvalue weighted by atomic mass is 9.68. The monoisotopic (exact) mass is 509 g/mol. The van der Waals surface area contributed by atoms with E-state index < -0.39 is 22.8 Å². The molecule has 1 aromatic carbocycles. The van der Waals surface area contributed by atoms with Crippen molar-refractivity contribution in [3.63, 3.8) is 0 Å². The first kappa shape index (κ1) is 24.7. The van der Waals surface area contributed by atoms with Crippen LogP contribution in [0.4, 0.5) is 35.0 Å². The fourth-order valence-corrected chi connectivity index (χ4v) is 5.31. The highest BCUT2D eigenvalue weighted by Gasteiger charge is 2.73. The minimum absolute atomic E-state index is 0.00703. The van der Waals surface area contributed by atoms with Crippen molar-refractivity contribution in [1.29, 1.82) is 0 Å². The largest absolute Gasteiger partial charge is 0.398 e. The summed E-state index contributed by atoms with van der Waals surface area (Å²) in [5.74, 6) is -0.838. The van der Waals surface area contributed by atoms with Crippen molar-refractivity contribution in [2.45, 2.75) is 26.6 Å². The maximum Gasteiger partial charge on any atom is 0.398 e. The number of halogens is 4. The van der Waals surface area contributed by atoms with E-state index in [0.29, 0.717) is 12.2 Å². The van der Waals surface area contributed by atoms with Gasteiger partial charge in [-0.15, -0.1) is 0 Å². The van der Waals surface area contributed by atoms with Gasteiger partial charge in [0.1, 0.15) is 5.41 Å². The van der Waals surface area contributed by atoms with Gasteiger partial charge < -0.3 is 15.5 Å². The van der Waals surface area contributed by atoms with Crippen LogP contribution in [-0.2, 0) is 16.3 Å². The van der Waals surface area contributed by atoms with E-state index in [1.807, 2.05) is 17.7 Å². The molecule has 2 unspecified atom stereocenters. The fourth-order valence-electron chi connectivity index (χ4n) is 5.31. The molecule has 3 aromatic rings. The van der Waals surface area contributed by atoms with Crippen molar-refractivity contribution in [3.8, 4) is 0 Å². The van der Waals surface area contributed by atoms with Crippen LogP contribution in [-0.4, -0.2) is 65.3 Å². The molecule has 36 heavy (non-hydrogen) atoms. The normalized spacial score (nSPS) is 24.0. The Bertz CT molecular complexity index is 1250. The minimum atomic E-state index is -4.51. The summed E-state index contributed by atoms with van der Waals surface area (Å²) in [7, 11) is 0. The third-order valence-corrected chi connectivity index (χ3v) is 7.16. The molecule has 2 saturated heterocycles. The van der Waals surface area contributed by atoms with Crippen LogP contribution in [0.15, 0.2) is 30.6 Å². The summed E-state index contributed by atoms with van der Waals surface area (Å²) in [5, 5.41) is 11.0. The average Bonchev–Trinajstić information content (AvgIpc) is 3.50. The minimum Gasteiger partial charge on any atom is -0.339 e. The van der Waals surface area contributed by atoms with Crippen molar-refractivity contribution in [2.24, 2.45) is 10.8 Å². The molecule has 13 heteroatoms. The predicted molar refractivity (Wildman–Crippen MR) is 124 cm³/mol. The van der Waals surface area contributed by atoms with Crippen LogP contribution < -0.4 is 15.5 Å². The summed E-state index contributed by atoms with van der Waals surface area (Å²) in [5.41, 5.74) is -1.90. The quantitative estimate of drug-likeness (QED) is 0.206. The van der Waals surface area contributed by atoms with Gasteiger partial charge in [-0.1, -0.05) is 0 Å². The highest BCUT2D eigenvalue weighted by Crippen LogP contribution is 2.58. The summed E-state index contributed by atoms with van der Waals surface area (Å²) in [4.78, 5) is 19.8. The highest BCUT2D eigenvalue weighted by molar-refractivity contribution is 5.83. The number of benzene rings is 1. The van der Waals surface area contributed by atoms with Crippen LogP contribution in [0.25, 0.3) is 10.9 Å². The zero-order valence-electron chi connectivity index (χ0n) is 19.9. The van der Waals surface area contributed by atoms with Gasteiger partial charge in [-0.3, -0.25) is 4.68 Å². The van der Waals surface area contributed by atoms with Crippen LogP contribution in [0.1, 0.15) is 13.8 Å². The fraction of sp³-hybridized carbons (Fsp3) is 0.522. The average molecular weight is 510 g/mol. The molecular weight excluding hydrogens is 482 g/mol. The Hall–Kier alpha value is -3.03. The smallest absolute Gasteiger partial charge is 0.339 e. The number of rotatable bonds is 8. The van der Waals surface area contributed by atoms with Crippen molar-refractivity contribution < 1.29 is 27.3 Å². The number of alkyl halides is 3. The maximum atomic E-state index is 14.6. The first-order valence-electron chi connectivity index (χ1n) is 11.7. The number of nitrogens with zero attached hydrogens (tertiary/aromatic N) is 5. The van der Waals surface area contributed by atoms with Gasteiger partial charge in [0.2, 0.25) is 5.95 Å². The van der Waals surface area contributed by atoms with E-state index in [4.69, 9.17) is 9.78 Å². The lowest BCUT2D eigenvalue weighted by Crippen LogP contribution is -2.53. The van der Waals surface area contributed by atoms with Gasteiger partial charge in [0.05, 0.1) is 31.1 Å². The number of aryl methyl sites for hydroxylation is 1. The summed E-state index contributed by atoms with van der Waals surface area (Å²) < 4.78 is 59.8. The molecular formula is C23H27F4N7O2. The number of nitrogens with one attached hydrogen (secondary N) is 2. The van der Waals surface area contributed by atoms with Crippen LogP contribution in [0, 0.1) is 16.6 Å². The second-order valence-electron chi connectivity index (χ2n) is 9.21. The van der Waals surface area contributed by atoms with E-state index in [9.17, 15) is 17.6 Å². The topological polar surface area (TPSA) is 89.4 Å². The Morgan fingerprint density at radius 2 is 1.97 bits per heavy atom. The van der Waals surface area contributed by atoms with E-state index in [2.05, 4.69) is 25.7 Å². The molecule has 4 heterocycles. The predicted octanol–water partition coefficient (Wildman–Crippen LogP) is 3.66. The van der Waals surface area contributed by atoms with Gasteiger partial charge in [0.15, 0.2) is 11.6 Å². The number of aromatic nitrogens is 4. The Balaban J connectivity index is 1.43. The second kappa shape index (κ2) is 9.12. The lowest BCUT2D eigenvalue weighted by Gasteiger charge is -2.38. The molecule has 0 amide bonds. The molecule has 2 fully saturated rings. The molecule has 0 bridgehead atoms. The van der Waals surface area contributed by atoms with E-state index in [-0.39, 0.29) is 51.2 Å². The maximum absolute atomic E-state index is 14.6. The van der Waals surface area contributed by atoms with Gasteiger partial charge in [-0.25, -0.2) is 19.1 Å².